The second-order valence-corrected chi connectivity index (χ2v) is 4.67. The maximum Gasteiger partial charge on any atom is 0.321 e. The molecule has 1 aliphatic rings. The Labute approximate surface area is 119 Å². The van der Waals surface area contributed by atoms with Crippen molar-refractivity contribution < 1.29 is 28.2 Å². The molecule has 0 saturated carbocycles. The highest BCUT2D eigenvalue weighted by Crippen LogP contribution is 2.28. The van der Waals surface area contributed by atoms with Crippen LogP contribution in [0.1, 0.15) is 6.42 Å². The molecule has 8 heteroatoms. The molecule has 1 aliphatic heterocycles. The molecule has 21 heavy (non-hydrogen) atoms. The fourth-order valence-electron chi connectivity index (χ4n) is 2.14. The average molecular weight is 300 g/mol. The summed E-state index contributed by atoms with van der Waals surface area (Å²) in [7, 11) is 1.26. The summed E-state index contributed by atoms with van der Waals surface area (Å²) in [6.07, 6.45) is 0.359. The van der Waals surface area contributed by atoms with Gasteiger partial charge in [0.25, 0.3) is 0 Å². The first kappa shape index (κ1) is 15.0. The van der Waals surface area contributed by atoms with E-state index in [0.717, 1.165) is 12.1 Å². The minimum Gasteiger partial charge on any atom is -0.494 e. The van der Waals surface area contributed by atoms with E-state index in [9.17, 15) is 18.4 Å². The van der Waals surface area contributed by atoms with E-state index in [0.29, 0.717) is 6.42 Å². The van der Waals surface area contributed by atoms with Crippen LogP contribution in [0, 0.1) is 17.6 Å². The van der Waals surface area contributed by atoms with Gasteiger partial charge in [0.2, 0.25) is 0 Å². The van der Waals surface area contributed by atoms with E-state index in [1.54, 1.807) is 0 Å². The summed E-state index contributed by atoms with van der Waals surface area (Å²) in [4.78, 5) is 24.1. The first-order valence-corrected chi connectivity index (χ1v) is 6.24. The van der Waals surface area contributed by atoms with Gasteiger partial charge in [0.15, 0.2) is 11.6 Å². The van der Waals surface area contributed by atoms with Crippen molar-refractivity contribution in [1.82, 2.24) is 4.90 Å². The molecule has 1 fully saturated rings. The van der Waals surface area contributed by atoms with Crippen molar-refractivity contribution >= 4 is 17.7 Å². The van der Waals surface area contributed by atoms with Crippen LogP contribution in [-0.2, 0) is 4.79 Å². The highest BCUT2D eigenvalue weighted by Gasteiger charge is 2.31. The van der Waals surface area contributed by atoms with E-state index in [4.69, 9.17) is 9.84 Å². The molecule has 0 radical (unpaired) electrons. The number of nitrogens with one attached hydrogen (secondary N) is 1. The van der Waals surface area contributed by atoms with Gasteiger partial charge in [0.05, 0.1) is 18.7 Å². The van der Waals surface area contributed by atoms with Crippen LogP contribution in [0.4, 0.5) is 19.3 Å². The van der Waals surface area contributed by atoms with Crippen LogP contribution in [0.3, 0.4) is 0 Å². The third-order valence-electron chi connectivity index (χ3n) is 3.31. The number of amides is 2. The van der Waals surface area contributed by atoms with Gasteiger partial charge < -0.3 is 20.1 Å². The van der Waals surface area contributed by atoms with E-state index in [2.05, 4.69) is 5.32 Å². The SMILES string of the molecule is COc1cc(F)c(F)cc1NC(=O)N1CCC(C(=O)O)C1. The maximum absolute atomic E-state index is 13.2. The normalized spacial score (nSPS) is 17.7. The van der Waals surface area contributed by atoms with Gasteiger partial charge in [0.1, 0.15) is 5.75 Å². The van der Waals surface area contributed by atoms with E-state index < -0.39 is 29.6 Å². The topological polar surface area (TPSA) is 78.9 Å². The summed E-state index contributed by atoms with van der Waals surface area (Å²) in [6.45, 7) is 0.363. The molecule has 1 aromatic carbocycles. The zero-order chi connectivity index (χ0) is 15.6. The van der Waals surface area contributed by atoms with Gasteiger partial charge in [-0.2, -0.15) is 0 Å². The molecule has 6 nitrogen and oxygen atoms in total. The number of carboxylic acids is 1. The fraction of sp³-hybridized carbons (Fsp3) is 0.385. The number of ether oxygens (including phenoxy) is 1. The van der Waals surface area contributed by atoms with Crippen LogP contribution in [-0.4, -0.2) is 42.2 Å². The van der Waals surface area contributed by atoms with Crippen LogP contribution in [0.5, 0.6) is 5.75 Å². The number of rotatable bonds is 3. The summed E-state index contributed by atoms with van der Waals surface area (Å²) < 4.78 is 31.2. The van der Waals surface area contributed by atoms with E-state index in [1.807, 2.05) is 0 Å². The molecule has 1 heterocycles. The van der Waals surface area contributed by atoms with Gasteiger partial charge in [-0.15, -0.1) is 0 Å². The predicted molar refractivity (Wildman–Crippen MR) is 69.2 cm³/mol. The number of carbonyl (C=O) groups excluding carboxylic acids is 1. The minimum absolute atomic E-state index is 0.0137. The molecule has 2 N–H and O–H groups in total. The number of halogens is 2. The minimum atomic E-state index is -1.11. The Morgan fingerprint density at radius 2 is 2.05 bits per heavy atom. The monoisotopic (exact) mass is 300 g/mol. The fourth-order valence-corrected chi connectivity index (χ4v) is 2.14. The summed E-state index contributed by atoms with van der Waals surface area (Å²) in [5, 5.41) is 11.3. The highest BCUT2D eigenvalue weighted by molar-refractivity contribution is 5.91. The molecular weight excluding hydrogens is 286 g/mol. The number of methoxy groups -OCH3 is 1. The number of urea groups is 1. The number of likely N-dealkylation sites (tertiary alicyclic amines) is 1. The van der Waals surface area contributed by atoms with Crippen molar-refractivity contribution in [1.29, 1.82) is 0 Å². The van der Waals surface area contributed by atoms with Crippen molar-refractivity contribution in [2.75, 3.05) is 25.5 Å². The lowest BCUT2D eigenvalue weighted by Gasteiger charge is -2.18. The summed E-state index contributed by atoms with van der Waals surface area (Å²) in [5.74, 6) is -3.79. The Hall–Kier alpha value is -2.38. The number of aliphatic carboxylic acids is 1. The van der Waals surface area contributed by atoms with Crippen molar-refractivity contribution in [2.24, 2.45) is 5.92 Å². The van der Waals surface area contributed by atoms with E-state index in [-0.39, 0.29) is 24.5 Å². The smallest absolute Gasteiger partial charge is 0.321 e. The van der Waals surface area contributed by atoms with Crippen LogP contribution in [0.2, 0.25) is 0 Å². The number of hydrogen-bond donors (Lipinski definition) is 2. The molecular formula is C13H14F2N2O4. The molecule has 2 amide bonds. The molecule has 0 bridgehead atoms. The summed E-state index contributed by atoms with van der Waals surface area (Å²) in [5.41, 5.74) is -0.0137. The molecule has 2 rings (SSSR count). The third-order valence-corrected chi connectivity index (χ3v) is 3.31. The van der Waals surface area contributed by atoms with Crippen molar-refractivity contribution in [3.05, 3.63) is 23.8 Å². The Morgan fingerprint density at radius 1 is 1.38 bits per heavy atom. The Kier molecular flexibility index (Phi) is 4.25. The second kappa shape index (κ2) is 5.94. The zero-order valence-electron chi connectivity index (χ0n) is 11.2. The van der Waals surface area contributed by atoms with Crippen LogP contribution in [0.15, 0.2) is 12.1 Å². The number of nitrogens with zero attached hydrogens (tertiary/aromatic N) is 1. The summed E-state index contributed by atoms with van der Waals surface area (Å²) >= 11 is 0. The molecule has 0 aromatic heterocycles. The van der Waals surface area contributed by atoms with Gasteiger partial charge >= 0.3 is 12.0 Å². The highest BCUT2D eigenvalue weighted by atomic mass is 19.2. The van der Waals surface area contributed by atoms with E-state index >= 15 is 0 Å². The van der Waals surface area contributed by atoms with Gasteiger partial charge in [-0.05, 0) is 6.42 Å². The molecule has 1 atom stereocenters. The van der Waals surface area contributed by atoms with Gasteiger partial charge in [-0.3, -0.25) is 4.79 Å². The number of hydrogen-bond acceptors (Lipinski definition) is 3. The first-order chi connectivity index (χ1) is 9.92. The van der Waals surface area contributed by atoms with Gasteiger partial charge in [0, 0.05) is 25.2 Å². The van der Waals surface area contributed by atoms with E-state index in [1.165, 1.54) is 12.0 Å². The molecule has 1 aromatic rings. The molecule has 114 valence electrons. The van der Waals surface area contributed by atoms with Crippen molar-refractivity contribution in [2.45, 2.75) is 6.42 Å². The average Bonchev–Trinajstić information content (AvgIpc) is 2.92. The number of anilines is 1. The third kappa shape index (κ3) is 3.21. The summed E-state index contributed by atoms with van der Waals surface area (Å²) in [6, 6.07) is 1.06. The lowest BCUT2D eigenvalue weighted by Crippen LogP contribution is -2.34. The van der Waals surface area contributed by atoms with Crippen LogP contribution < -0.4 is 10.1 Å². The quantitative estimate of drug-likeness (QED) is 0.893. The largest absolute Gasteiger partial charge is 0.494 e. The molecule has 0 aliphatic carbocycles. The first-order valence-electron chi connectivity index (χ1n) is 6.24. The molecule has 1 unspecified atom stereocenters. The predicted octanol–water partition coefficient (Wildman–Crippen LogP) is 1.91. The lowest BCUT2D eigenvalue weighted by atomic mass is 10.1. The second-order valence-electron chi connectivity index (χ2n) is 4.67. The maximum atomic E-state index is 13.2. The Bertz CT molecular complexity index is 580. The standard InChI is InChI=1S/C13H14F2N2O4/c1-21-11-5-9(15)8(14)4-10(11)16-13(20)17-3-2-7(6-17)12(18)19/h4-5,7H,2-3,6H2,1H3,(H,16,20)(H,18,19). The van der Waals surface area contributed by atoms with Crippen molar-refractivity contribution in [3.8, 4) is 5.75 Å². The van der Waals surface area contributed by atoms with Gasteiger partial charge in [-0.1, -0.05) is 0 Å². The molecule has 0 spiro atoms. The number of carbonyl (C=O) groups is 2. The van der Waals surface area contributed by atoms with Gasteiger partial charge in [-0.25, -0.2) is 13.6 Å². The number of carboxylic acid groups (broad SMARTS) is 1. The number of benzene rings is 1. The zero-order valence-corrected chi connectivity index (χ0v) is 11.2. The van der Waals surface area contributed by atoms with Crippen LogP contribution in [0.25, 0.3) is 0 Å². The van der Waals surface area contributed by atoms with Crippen molar-refractivity contribution in [3.63, 3.8) is 0 Å². The lowest BCUT2D eigenvalue weighted by molar-refractivity contribution is -0.141. The Morgan fingerprint density at radius 3 is 2.62 bits per heavy atom. The molecule has 1 saturated heterocycles. The van der Waals surface area contributed by atoms with Crippen LogP contribution >= 0.6 is 0 Å². The Balaban J connectivity index is 2.10.